The highest BCUT2D eigenvalue weighted by atomic mass is 16.4. The van der Waals surface area contributed by atoms with Gasteiger partial charge in [-0.1, -0.05) is 0 Å². The standard InChI is InChI=1S/C13H12N4O2/c1-8-3-4-14-10(5-8)6-17-7-15-12-11(13(17)18)16-9(2)19-12/h3-5,7H,6H2,1-2H3. The molecular weight excluding hydrogens is 244 g/mol. The molecule has 19 heavy (non-hydrogen) atoms. The topological polar surface area (TPSA) is 73.8 Å². The zero-order valence-corrected chi connectivity index (χ0v) is 10.6. The summed E-state index contributed by atoms with van der Waals surface area (Å²) < 4.78 is 6.70. The van der Waals surface area contributed by atoms with Gasteiger partial charge in [-0.25, -0.2) is 9.97 Å². The highest BCUT2D eigenvalue weighted by molar-refractivity contribution is 5.65. The third-order valence-corrected chi connectivity index (χ3v) is 2.80. The van der Waals surface area contributed by atoms with Gasteiger partial charge in [-0.2, -0.15) is 0 Å². The van der Waals surface area contributed by atoms with E-state index in [0.717, 1.165) is 11.3 Å². The van der Waals surface area contributed by atoms with Crippen LogP contribution in [0.5, 0.6) is 0 Å². The molecule has 0 radical (unpaired) electrons. The first-order chi connectivity index (χ1) is 9.13. The molecule has 3 heterocycles. The number of aromatic nitrogens is 4. The molecule has 0 spiro atoms. The maximum atomic E-state index is 12.2. The molecule has 3 rings (SSSR count). The van der Waals surface area contributed by atoms with Crippen LogP contribution in [0.4, 0.5) is 0 Å². The molecule has 0 bridgehead atoms. The predicted octanol–water partition coefficient (Wildman–Crippen LogP) is 1.44. The predicted molar refractivity (Wildman–Crippen MR) is 68.9 cm³/mol. The lowest BCUT2D eigenvalue weighted by Crippen LogP contribution is -2.21. The van der Waals surface area contributed by atoms with E-state index in [1.54, 1.807) is 13.1 Å². The van der Waals surface area contributed by atoms with E-state index in [-0.39, 0.29) is 16.8 Å². The van der Waals surface area contributed by atoms with Gasteiger partial charge in [-0.15, -0.1) is 0 Å². The fourth-order valence-corrected chi connectivity index (χ4v) is 1.93. The second-order valence-corrected chi connectivity index (χ2v) is 4.39. The molecule has 0 saturated carbocycles. The largest absolute Gasteiger partial charge is 0.422 e. The molecule has 3 aromatic rings. The Balaban J connectivity index is 2.06. The summed E-state index contributed by atoms with van der Waals surface area (Å²) in [4.78, 5) is 24.6. The summed E-state index contributed by atoms with van der Waals surface area (Å²) in [5.74, 6) is 0.436. The van der Waals surface area contributed by atoms with Crippen LogP contribution in [0.1, 0.15) is 17.1 Å². The van der Waals surface area contributed by atoms with Gasteiger partial charge in [0.2, 0.25) is 0 Å². The zero-order valence-electron chi connectivity index (χ0n) is 10.6. The Labute approximate surface area is 108 Å². The first-order valence-electron chi connectivity index (χ1n) is 5.87. The Morgan fingerprint density at radius 1 is 1.32 bits per heavy atom. The molecule has 0 amide bonds. The summed E-state index contributed by atoms with van der Waals surface area (Å²) >= 11 is 0. The van der Waals surface area contributed by atoms with E-state index in [1.807, 2.05) is 19.1 Å². The van der Waals surface area contributed by atoms with Gasteiger partial charge in [-0.05, 0) is 24.6 Å². The van der Waals surface area contributed by atoms with Gasteiger partial charge in [-0.3, -0.25) is 14.3 Å². The number of hydrogen-bond acceptors (Lipinski definition) is 5. The van der Waals surface area contributed by atoms with Crippen molar-refractivity contribution in [3.05, 3.63) is 52.2 Å². The summed E-state index contributed by atoms with van der Waals surface area (Å²) in [5, 5.41) is 0. The first-order valence-corrected chi connectivity index (χ1v) is 5.87. The van der Waals surface area contributed by atoms with Crippen LogP contribution in [0.25, 0.3) is 11.2 Å². The van der Waals surface area contributed by atoms with Crippen LogP contribution in [0.3, 0.4) is 0 Å². The Morgan fingerprint density at radius 3 is 2.95 bits per heavy atom. The number of hydrogen-bond donors (Lipinski definition) is 0. The van der Waals surface area contributed by atoms with Crippen LogP contribution < -0.4 is 5.56 Å². The fourth-order valence-electron chi connectivity index (χ4n) is 1.93. The molecule has 6 heteroatoms. The molecule has 0 fully saturated rings. The molecule has 0 saturated heterocycles. The van der Waals surface area contributed by atoms with E-state index >= 15 is 0 Å². The quantitative estimate of drug-likeness (QED) is 0.693. The SMILES string of the molecule is Cc1ccnc(Cn2cnc3oc(C)nc3c2=O)c1. The van der Waals surface area contributed by atoms with Crippen LogP contribution >= 0.6 is 0 Å². The summed E-state index contributed by atoms with van der Waals surface area (Å²) in [6.45, 7) is 4.04. The summed E-state index contributed by atoms with van der Waals surface area (Å²) in [6.07, 6.45) is 3.18. The monoisotopic (exact) mass is 256 g/mol. The lowest BCUT2D eigenvalue weighted by Gasteiger charge is -2.04. The molecule has 0 N–H and O–H groups in total. The molecule has 0 aromatic carbocycles. The van der Waals surface area contributed by atoms with Gasteiger partial charge in [0.05, 0.1) is 12.2 Å². The number of rotatable bonds is 2. The van der Waals surface area contributed by atoms with E-state index in [9.17, 15) is 4.79 Å². The average molecular weight is 256 g/mol. The summed E-state index contributed by atoms with van der Waals surface area (Å²) in [6, 6.07) is 3.85. The van der Waals surface area contributed by atoms with Crippen LogP contribution in [-0.2, 0) is 6.54 Å². The van der Waals surface area contributed by atoms with Crippen molar-refractivity contribution in [2.75, 3.05) is 0 Å². The van der Waals surface area contributed by atoms with Crippen molar-refractivity contribution in [1.29, 1.82) is 0 Å². The Kier molecular flexibility index (Phi) is 2.63. The van der Waals surface area contributed by atoms with Crippen molar-refractivity contribution in [2.24, 2.45) is 0 Å². The van der Waals surface area contributed by atoms with Crippen molar-refractivity contribution in [3.8, 4) is 0 Å². The lowest BCUT2D eigenvalue weighted by atomic mass is 10.2. The van der Waals surface area contributed by atoms with E-state index in [2.05, 4.69) is 15.0 Å². The van der Waals surface area contributed by atoms with Gasteiger partial charge < -0.3 is 4.42 Å². The molecule has 0 atom stereocenters. The van der Waals surface area contributed by atoms with Crippen LogP contribution in [0.2, 0.25) is 0 Å². The number of nitrogens with zero attached hydrogens (tertiary/aromatic N) is 4. The molecule has 6 nitrogen and oxygen atoms in total. The number of aryl methyl sites for hydroxylation is 2. The fraction of sp³-hybridized carbons (Fsp3) is 0.231. The van der Waals surface area contributed by atoms with Crippen molar-refractivity contribution in [3.63, 3.8) is 0 Å². The second kappa shape index (κ2) is 4.31. The van der Waals surface area contributed by atoms with Crippen molar-refractivity contribution < 1.29 is 4.42 Å². The van der Waals surface area contributed by atoms with Gasteiger partial charge >= 0.3 is 0 Å². The van der Waals surface area contributed by atoms with Crippen molar-refractivity contribution in [1.82, 2.24) is 19.5 Å². The van der Waals surface area contributed by atoms with Crippen LogP contribution in [-0.4, -0.2) is 19.5 Å². The number of pyridine rings is 1. The maximum absolute atomic E-state index is 12.2. The number of fused-ring (bicyclic) bond motifs is 1. The maximum Gasteiger partial charge on any atom is 0.283 e. The Bertz CT molecular complexity index is 804. The Morgan fingerprint density at radius 2 is 2.16 bits per heavy atom. The molecule has 96 valence electrons. The third kappa shape index (κ3) is 2.12. The highest BCUT2D eigenvalue weighted by Gasteiger charge is 2.10. The molecule has 3 aromatic heterocycles. The minimum atomic E-state index is -0.217. The van der Waals surface area contributed by atoms with Crippen LogP contribution in [0, 0.1) is 13.8 Å². The lowest BCUT2D eigenvalue weighted by molar-refractivity contribution is 0.549. The second-order valence-electron chi connectivity index (χ2n) is 4.39. The summed E-state index contributed by atoms with van der Waals surface area (Å²) in [7, 11) is 0. The molecule has 0 aliphatic carbocycles. The molecular formula is C13H12N4O2. The third-order valence-electron chi connectivity index (χ3n) is 2.80. The van der Waals surface area contributed by atoms with E-state index < -0.39 is 0 Å². The van der Waals surface area contributed by atoms with Crippen LogP contribution in [0.15, 0.2) is 33.9 Å². The number of oxazole rings is 1. The average Bonchev–Trinajstić information content (AvgIpc) is 2.75. The van der Waals surface area contributed by atoms with E-state index in [4.69, 9.17) is 4.42 Å². The molecule has 0 aliphatic heterocycles. The highest BCUT2D eigenvalue weighted by Crippen LogP contribution is 2.08. The smallest absolute Gasteiger partial charge is 0.283 e. The van der Waals surface area contributed by atoms with E-state index in [1.165, 1.54) is 10.9 Å². The first kappa shape index (κ1) is 11.6. The van der Waals surface area contributed by atoms with E-state index in [0.29, 0.717) is 12.4 Å². The van der Waals surface area contributed by atoms with Gasteiger partial charge in [0.1, 0.15) is 6.33 Å². The zero-order chi connectivity index (χ0) is 13.4. The van der Waals surface area contributed by atoms with Gasteiger partial charge in [0, 0.05) is 13.1 Å². The minimum absolute atomic E-state index is 0.217. The van der Waals surface area contributed by atoms with Gasteiger partial charge in [0.15, 0.2) is 11.4 Å². The molecule has 0 unspecified atom stereocenters. The minimum Gasteiger partial charge on any atom is -0.422 e. The summed E-state index contributed by atoms with van der Waals surface area (Å²) in [5.41, 5.74) is 2.22. The van der Waals surface area contributed by atoms with Crippen molar-refractivity contribution >= 4 is 11.2 Å². The normalized spacial score (nSPS) is 11.1. The van der Waals surface area contributed by atoms with Crippen molar-refractivity contribution in [2.45, 2.75) is 20.4 Å². The molecule has 0 aliphatic rings. The Hall–Kier alpha value is -2.50. The van der Waals surface area contributed by atoms with Gasteiger partial charge in [0.25, 0.3) is 11.3 Å².